The van der Waals surface area contributed by atoms with Crippen LogP contribution in [0.15, 0.2) is 35.1 Å². The van der Waals surface area contributed by atoms with Gasteiger partial charge in [-0.15, -0.1) is 0 Å². The van der Waals surface area contributed by atoms with Gasteiger partial charge in [-0.1, -0.05) is 11.6 Å². The number of halogens is 2. The maximum atomic E-state index is 12.1. The summed E-state index contributed by atoms with van der Waals surface area (Å²) in [7, 11) is 0. The first-order chi connectivity index (χ1) is 9.60. The molecule has 0 aliphatic carbocycles. The summed E-state index contributed by atoms with van der Waals surface area (Å²) in [6.07, 6.45) is 2.98. The van der Waals surface area contributed by atoms with Gasteiger partial charge in [0.15, 0.2) is 0 Å². The molecule has 7 heteroatoms. The van der Waals surface area contributed by atoms with Gasteiger partial charge in [-0.3, -0.25) is 9.78 Å². The summed E-state index contributed by atoms with van der Waals surface area (Å²) in [6, 6.07) is 5.12. The molecule has 0 saturated carbocycles. The number of benzene rings is 1. The molecule has 20 heavy (non-hydrogen) atoms. The smallest absolute Gasteiger partial charge is 0.275 e. The highest BCUT2D eigenvalue weighted by atomic mass is 79.9. The highest BCUT2D eigenvalue weighted by molar-refractivity contribution is 9.10. The highest BCUT2D eigenvalue weighted by Crippen LogP contribution is 2.26. The Morgan fingerprint density at radius 1 is 1.40 bits per heavy atom. The van der Waals surface area contributed by atoms with E-state index in [1.54, 1.807) is 24.4 Å². The minimum atomic E-state index is -0.333. The lowest BCUT2D eigenvalue weighted by Gasteiger charge is -2.08. The molecule has 104 valence electrons. The molecule has 0 atom stereocenters. The number of amides is 1. The lowest BCUT2D eigenvalue weighted by molar-refractivity contribution is 0.102. The van der Waals surface area contributed by atoms with Crippen molar-refractivity contribution in [3.8, 4) is 0 Å². The van der Waals surface area contributed by atoms with E-state index >= 15 is 0 Å². The zero-order chi connectivity index (χ0) is 14.5. The van der Waals surface area contributed by atoms with Gasteiger partial charge in [0.05, 0.1) is 18.1 Å². The van der Waals surface area contributed by atoms with Gasteiger partial charge in [0, 0.05) is 16.0 Å². The second-order valence-corrected chi connectivity index (χ2v) is 5.19. The van der Waals surface area contributed by atoms with Gasteiger partial charge in [-0.2, -0.15) is 0 Å². The van der Waals surface area contributed by atoms with Crippen molar-refractivity contribution in [2.45, 2.75) is 6.92 Å². The van der Waals surface area contributed by atoms with Crippen molar-refractivity contribution in [2.75, 3.05) is 17.2 Å². The quantitative estimate of drug-likeness (QED) is 0.880. The molecule has 0 unspecified atom stereocenters. The third-order valence-electron chi connectivity index (χ3n) is 2.40. The first-order valence-electron chi connectivity index (χ1n) is 5.92. The SMILES string of the molecule is CCNc1cncc(C(=O)Nc2ccc(Cl)cc2Br)n1. The van der Waals surface area contributed by atoms with E-state index in [4.69, 9.17) is 11.6 Å². The number of carbonyl (C=O) groups is 1. The van der Waals surface area contributed by atoms with E-state index in [0.29, 0.717) is 27.5 Å². The molecule has 0 fully saturated rings. The summed E-state index contributed by atoms with van der Waals surface area (Å²) in [5.74, 6) is 0.232. The fourth-order valence-electron chi connectivity index (χ4n) is 1.52. The summed E-state index contributed by atoms with van der Waals surface area (Å²) in [5.41, 5.74) is 0.861. The van der Waals surface area contributed by atoms with Crippen molar-refractivity contribution >= 4 is 44.9 Å². The summed E-state index contributed by atoms with van der Waals surface area (Å²) < 4.78 is 0.703. The lowest BCUT2D eigenvalue weighted by atomic mass is 10.3. The molecular formula is C13H12BrClN4O. The van der Waals surface area contributed by atoms with Crippen LogP contribution in [0.2, 0.25) is 5.02 Å². The van der Waals surface area contributed by atoms with Crippen LogP contribution in [0.4, 0.5) is 11.5 Å². The number of hydrogen-bond donors (Lipinski definition) is 2. The van der Waals surface area contributed by atoms with Gasteiger partial charge in [0.2, 0.25) is 0 Å². The van der Waals surface area contributed by atoms with E-state index < -0.39 is 0 Å². The number of nitrogens with zero attached hydrogens (tertiary/aromatic N) is 2. The highest BCUT2D eigenvalue weighted by Gasteiger charge is 2.11. The molecule has 1 aromatic heterocycles. The Morgan fingerprint density at radius 2 is 2.20 bits per heavy atom. The molecule has 2 N–H and O–H groups in total. The average Bonchev–Trinajstić information content (AvgIpc) is 2.42. The third kappa shape index (κ3) is 3.68. The topological polar surface area (TPSA) is 66.9 Å². The fraction of sp³-hybridized carbons (Fsp3) is 0.154. The molecule has 5 nitrogen and oxygen atoms in total. The van der Waals surface area contributed by atoms with Crippen LogP contribution in [-0.2, 0) is 0 Å². The average molecular weight is 356 g/mol. The van der Waals surface area contributed by atoms with Crippen LogP contribution in [0.5, 0.6) is 0 Å². The van der Waals surface area contributed by atoms with Crippen LogP contribution in [0.3, 0.4) is 0 Å². The number of rotatable bonds is 4. The Bertz CT molecular complexity index is 636. The minimum Gasteiger partial charge on any atom is -0.369 e. The zero-order valence-corrected chi connectivity index (χ0v) is 13.0. The van der Waals surface area contributed by atoms with Crippen LogP contribution < -0.4 is 10.6 Å². The molecule has 2 aromatic rings. The Morgan fingerprint density at radius 3 is 2.90 bits per heavy atom. The van der Waals surface area contributed by atoms with Crippen molar-refractivity contribution in [2.24, 2.45) is 0 Å². The van der Waals surface area contributed by atoms with Gasteiger partial charge in [-0.05, 0) is 41.1 Å². The number of hydrogen-bond acceptors (Lipinski definition) is 4. The molecule has 0 bridgehead atoms. The molecule has 1 amide bonds. The Labute approximate surface area is 129 Å². The molecule has 1 heterocycles. The van der Waals surface area contributed by atoms with E-state index in [1.165, 1.54) is 6.20 Å². The molecule has 1 aromatic carbocycles. The minimum absolute atomic E-state index is 0.241. The predicted octanol–water partition coefficient (Wildman–Crippen LogP) is 3.58. The summed E-state index contributed by atoms with van der Waals surface area (Å²) >= 11 is 9.19. The first-order valence-corrected chi connectivity index (χ1v) is 7.09. The molecular weight excluding hydrogens is 344 g/mol. The van der Waals surface area contributed by atoms with E-state index in [-0.39, 0.29) is 11.6 Å². The Kier molecular flexibility index (Phi) is 4.92. The van der Waals surface area contributed by atoms with E-state index in [9.17, 15) is 4.79 Å². The zero-order valence-electron chi connectivity index (χ0n) is 10.7. The van der Waals surface area contributed by atoms with Gasteiger partial charge in [0.1, 0.15) is 11.5 Å². The van der Waals surface area contributed by atoms with Crippen LogP contribution in [0, 0.1) is 0 Å². The summed E-state index contributed by atoms with van der Waals surface area (Å²) in [4.78, 5) is 20.3. The number of aromatic nitrogens is 2. The fourth-order valence-corrected chi connectivity index (χ4v) is 2.30. The molecule has 0 saturated heterocycles. The predicted molar refractivity (Wildman–Crippen MR) is 83.3 cm³/mol. The summed E-state index contributed by atoms with van der Waals surface area (Å²) in [5, 5.41) is 6.34. The molecule has 0 aliphatic rings. The van der Waals surface area contributed by atoms with Crippen molar-refractivity contribution in [3.05, 3.63) is 45.8 Å². The molecule has 2 rings (SSSR count). The van der Waals surface area contributed by atoms with E-state index in [2.05, 4.69) is 36.5 Å². The lowest BCUT2D eigenvalue weighted by Crippen LogP contribution is -2.15. The molecule has 0 radical (unpaired) electrons. The second kappa shape index (κ2) is 6.67. The third-order valence-corrected chi connectivity index (χ3v) is 3.30. The Hall–Kier alpha value is -1.66. The van der Waals surface area contributed by atoms with Crippen LogP contribution in [-0.4, -0.2) is 22.4 Å². The standard InChI is InChI=1S/C13H12BrClN4O/c1-2-17-12-7-16-6-11(18-12)13(20)19-10-4-3-8(15)5-9(10)14/h3-7H,2H2,1H3,(H,17,18)(H,19,20). The van der Waals surface area contributed by atoms with E-state index in [1.807, 2.05) is 6.92 Å². The number of carbonyl (C=O) groups excluding carboxylic acids is 1. The molecule has 0 spiro atoms. The number of anilines is 2. The van der Waals surface area contributed by atoms with Gasteiger partial charge in [-0.25, -0.2) is 4.98 Å². The Balaban J connectivity index is 2.17. The second-order valence-electron chi connectivity index (χ2n) is 3.90. The van der Waals surface area contributed by atoms with Gasteiger partial charge < -0.3 is 10.6 Å². The van der Waals surface area contributed by atoms with Crippen molar-refractivity contribution < 1.29 is 4.79 Å². The van der Waals surface area contributed by atoms with Crippen molar-refractivity contribution in [1.29, 1.82) is 0 Å². The van der Waals surface area contributed by atoms with Crippen molar-refractivity contribution in [3.63, 3.8) is 0 Å². The normalized spacial score (nSPS) is 10.2. The largest absolute Gasteiger partial charge is 0.369 e. The van der Waals surface area contributed by atoms with Crippen LogP contribution >= 0.6 is 27.5 Å². The van der Waals surface area contributed by atoms with E-state index in [0.717, 1.165) is 0 Å². The van der Waals surface area contributed by atoms with Crippen molar-refractivity contribution in [1.82, 2.24) is 9.97 Å². The maximum Gasteiger partial charge on any atom is 0.275 e. The summed E-state index contributed by atoms with van der Waals surface area (Å²) in [6.45, 7) is 2.65. The monoisotopic (exact) mass is 354 g/mol. The maximum absolute atomic E-state index is 12.1. The van der Waals surface area contributed by atoms with Gasteiger partial charge in [0.25, 0.3) is 5.91 Å². The van der Waals surface area contributed by atoms with Gasteiger partial charge >= 0.3 is 0 Å². The van der Waals surface area contributed by atoms with Crippen LogP contribution in [0.25, 0.3) is 0 Å². The molecule has 0 aliphatic heterocycles. The number of nitrogens with one attached hydrogen (secondary N) is 2. The van der Waals surface area contributed by atoms with Crippen LogP contribution in [0.1, 0.15) is 17.4 Å². The first kappa shape index (κ1) is 14.7.